The molecule has 0 saturated heterocycles. The third kappa shape index (κ3) is 9.38. The Kier molecular flexibility index (Phi) is 11.4. The van der Waals surface area contributed by atoms with Gasteiger partial charge in [0.05, 0.1) is 6.54 Å². The van der Waals surface area contributed by atoms with Gasteiger partial charge in [0, 0.05) is 12.2 Å². The molecule has 0 aliphatic carbocycles. The first-order valence-electron chi connectivity index (χ1n) is 7.96. The number of nitrogens with zero attached hydrogens (tertiary/aromatic N) is 1. The zero-order valence-electron chi connectivity index (χ0n) is 14.8. The third-order valence-electron chi connectivity index (χ3n) is 2.91. The summed E-state index contributed by atoms with van der Waals surface area (Å²) in [6, 6.07) is 5.51. The summed E-state index contributed by atoms with van der Waals surface area (Å²) in [5.41, 5.74) is 2.93. The lowest BCUT2D eigenvalue weighted by molar-refractivity contribution is 0.245. The van der Waals surface area contributed by atoms with Gasteiger partial charge in [0.2, 0.25) is 12.0 Å². The van der Waals surface area contributed by atoms with Crippen molar-refractivity contribution < 1.29 is 9.59 Å². The number of carbonyl (C=O) groups is 1. The van der Waals surface area contributed by atoms with Crippen LogP contribution in [0.2, 0.25) is 0 Å². The highest BCUT2D eigenvalue weighted by molar-refractivity contribution is 6.02. The Bertz CT molecular complexity index is 560. The minimum atomic E-state index is -0.361. The van der Waals surface area contributed by atoms with Crippen LogP contribution in [-0.2, 0) is 4.79 Å². The third-order valence-corrected chi connectivity index (χ3v) is 2.91. The standard InChI is InChI=1S/C13H20N4O.C4H7NO/c1-4-8-15-13(18)17-12(14)16-11-9(2)6-5-7-10(11)3;1-2-3-5-4-6/h5-7H,4,8H2,1-3H3,(H4,14,15,16,17,18);2-3H2,1H3. The summed E-state index contributed by atoms with van der Waals surface area (Å²) >= 11 is 0. The molecular formula is C17H27N5O2. The average molecular weight is 333 g/mol. The van der Waals surface area contributed by atoms with Gasteiger partial charge in [-0.15, -0.1) is 0 Å². The summed E-state index contributed by atoms with van der Waals surface area (Å²) in [6.07, 6.45) is 3.24. The molecule has 0 atom stereocenters. The highest BCUT2D eigenvalue weighted by atomic mass is 16.2. The maximum absolute atomic E-state index is 11.4. The van der Waals surface area contributed by atoms with E-state index in [-0.39, 0.29) is 12.0 Å². The first kappa shape index (κ1) is 21.3. The van der Waals surface area contributed by atoms with Crippen LogP contribution in [0.15, 0.2) is 23.2 Å². The second-order valence-electron chi connectivity index (χ2n) is 5.12. The SMILES string of the molecule is CCCN=C=O.CCCNC(=O)NC(=N)Nc1c(C)cccc1C. The zero-order valence-corrected chi connectivity index (χ0v) is 14.8. The van der Waals surface area contributed by atoms with Crippen LogP contribution in [0, 0.1) is 19.3 Å². The van der Waals surface area contributed by atoms with Crippen molar-refractivity contribution in [3.63, 3.8) is 0 Å². The number of anilines is 1. The van der Waals surface area contributed by atoms with E-state index in [2.05, 4.69) is 20.9 Å². The van der Waals surface area contributed by atoms with E-state index in [4.69, 9.17) is 5.41 Å². The van der Waals surface area contributed by atoms with Gasteiger partial charge in [0.25, 0.3) is 0 Å². The van der Waals surface area contributed by atoms with E-state index >= 15 is 0 Å². The number of rotatable bonds is 5. The molecule has 0 aliphatic heterocycles. The fraction of sp³-hybridized carbons (Fsp3) is 0.471. The van der Waals surface area contributed by atoms with E-state index in [0.717, 1.165) is 29.7 Å². The van der Waals surface area contributed by atoms with Gasteiger partial charge in [0.15, 0.2) is 0 Å². The van der Waals surface area contributed by atoms with Crippen LogP contribution in [0.4, 0.5) is 10.5 Å². The van der Waals surface area contributed by atoms with Crippen LogP contribution < -0.4 is 16.0 Å². The Hall–Kier alpha value is -2.66. The van der Waals surface area contributed by atoms with Gasteiger partial charge >= 0.3 is 6.03 Å². The summed E-state index contributed by atoms with van der Waals surface area (Å²) in [6.45, 7) is 9.06. The molecule has 4 N–H and O–H groups in total. The summed E-state index contributed by atoms with van der Waals surface area (Å²) < 4.78 is 0. The maximum atomic E-state index is 11.4. The van der Waals surface area contributed by atoms with Crippen molar-refractivity contribution in [3.8, 4) is 0 Å². The smallest absolute Gasteiger partial charge is 0.321 e. The van der Waals surface area contributed by atoms with Crippen LogP contribution in [-0.4, -0.2) is 31.2 Å². The van der Waals surface area contributed by atoms with Gasteiger partial charge < -0.3 is 10.6 Å². The topological polar surface area (TPSA) is 106 Å². The molecular weight excluding hydrogens is 306 g/mol. The van der Waals surface area contributed by atoms with E-state index in [1.165, 1.54) is 6.08 Å². The molecule has 0 bridgehead atoms. The molecule has 0 unspecified atom stereocenters. The predicted octanol–water partition coefficient (Wildman–Crippen LogP) is 3.09. The molecule has 24 heavy (non-hydrogen) atoms. The maximum Gasteiger partial charge on any atom is 0.321 e. The Morgan fingerprint density at radius 1 is 1.21 bits per heavy atom. The quantitative estimate of drug-likeness (QED) is 0.378. The zero-order chi connectivity index (χ0) is 18.4. The first-order valence-corrected chi connectivity index (χ1v) is 7.96. The summed E-state index contributed by atoms with van der Waals surface area (Å²) in [5, 5.41) is 15.7. The molecule has 2 amide bonds. The highest BCUT2D eigenvalue weighted by Crippen LogP contribution is 2.18. The molecule has 1 aromatic carbocycles. The summed E-state index contributed by atoms with van der Waals surface area (Å²) in [5.74, 6) is -0.0268. The van der Waals surface area contributed by atoms with Crippen molar-refractivity contribution in [2.75, 3.05) is 18.4 Å². The number of urea groups is 1. The Balaban J connectivity index is 0.000000754. The molecule has 0 fully saturated rings. The summed E-state index contributed by atoms with van der Waals surface area (Å²) in [4.78, 5) is 23.9. The number of benzene rings is 1. The highest BCUT2D eigenvalue weighted by Gasteiger charge is 2.06. The van der Waals surface area contributed by atoms with Gasteiger partial charge in [-0.1, -0.05) is 32.0 Å². The minimum absolute atomic E-state index is 0.0268. The van der Waals surface area contributed by atoms with E-state index in [9.17, 15) is 9.59 Å². The van der Waals surface area contributed by atoms with E-state index in [1.54, 1.807) is 0 Å². The number of nitrogens with one attached hydrogen (secondary N) is 4. The van der Waals surface area contributed by atoms with Crippen molar-refractivity contribution in [2.24, 2.45) is 4.99 Å². The first-order chi connectivity index (χ1) is 11.5. The van der Waals surface area contributed by atoms with E-state index in [0.29, 0.717) is 13.1 Å². The van der Waals surface area contributed by atoms with Crippen molar-refractivity contribution >= 4 is 23.8 Å². The van der Waals surface area contributed by atoms with Crippen molar-refractivity contribution in [2.45, 2.75) is 40.5 Å². The van der Waals surface area contributed by atoms with Crippen LogP contribution >= 0.6 is 0 Å². The molecule has 7 nitrogen and oxygen atoms in total. The number of aliphatic imine (C=N–C) groups is 1. The van der Waals surface area contributed by atoms with Crippen molar-refractivity contribution in [3.05, 3.63) is 29.3 Å². The molecule has 0 aliphatic rings. The number of hydrogen-bond donors (Lipinski definition) is 4. The molecule has 1 rings (SSSR count). The Morgan fingerprint density at radius 3 is 2.29 bits per heavy atom. The molecule has 0 spiro atoms. The molecule has 0 aromatic heterocycles. The van der Waals surface area contributed by atoms with Crippen LogP contribution in [0.3, 0.4) is 0 Å². The molecule has 1 aromatic rings. The minimum Gasteiger partial charge on any atom is -0.338 e. The lowest BCUT2D eigenvalue weighted by Gasteiger charge is -2.14. The molecule has 0 saturated carbocycles. The number of para-hydroxylation sites is 1. The fourth-order valence-corrected chi connectivity index (χ4v) is 1.72. The number of carbonyl (C=O) groups excluding carboxylic acids is 2. The van der Waals surface area contributed by atoms with E-state index < -0.39 is 0 Å². The van der Waals surface area contributed by atoms with Crippen LogP contribution in [0.25, 0.3) is 0 Å². The fourth-order valence-electron chi connectivity index (χ4n) is 1.72. The number of aryl methyl sites for hydroxylation is 2. The summed E-state index contributed by atoms with van der Waals surface area (Å²) in [7, 11) is 0. The largest absolute Gasteiger partial charge is 0.338 e. The number of guanidine groups is 1. The number of isocyanates is 1. The second-order valence-corrected chi connectivity index (χ2v) is 5.12. The Labute approximate surface area is 143 Å². The van der Waals surface area contributed by atoms with Crippen molar-refractivity contribution in [1.82, 2.24) is 10.6 Å². The van der Waals surface area contributed by atoms with Gasteiger partial charge in [0.1, 0.15) is 0 Å². The van der Waals surface area contributed by atoms with Crippen LogP contribution in [0.5, 0.6) is 0 Å². The number of amides is 2. The van der Waals surface area contributed by atoms with Gasteiger partial charge in [-0.3, -0.25) is 10.7 Å². The molecule has 132 valence electrons. The molecule has 7 heteroatoms. The normalized spacial score (nSPS) is 9.00. The van der Waals surface area contributed by atoms with Gasteiger partial charge in [-0.2, -0.15) is 0 Å². The second kappa shape index (κ2) is 12.8. The average Bonchev–Trinajstić information content (AvgIpc) is 2.55. The lowest BCUT2D eigenvalue weighted by atomic mass is 10.1. The molecule has 0 radical (unpaired) electrons. The Morgan fingerprint density at radius 2 is 1.83 bits per heavy atom. The van der Waals surface area contributed by atoms with Gasteiger partial charge in [-0.25, -0.2) is 14.6 Å². The molecule has 0 heterocycles. The van der Waals surface area contributed by atoms with E-state index in [1.807, 2.05) is 45.9 Å². The van der Waals surface area contributed by atoms with Gasteiger partial charge in [-0.05, 0) is 37.8 Å². The predicted molar refractivity (Wildman–Crippen MR) is 97.4 cm³/mol. The monoisotopic (exact) mass is 333 g/mol. The van der Waals surface area contributed by atoms with Crippen molar-refractivity contribution in [1.29, 1.82) is 5.41 Å². The number of hydrogen-bond acceptors (Lipinski definition) is 4. The van der Waals surface area contributed by atoms with Crippen LogP contribution in [0.1, 0.15) is 37.8 Å². The lowest BCUT2D eigenvalue weighted by Crippen LogP contribution is -2.42.